The van der Waals surface area contributed by atoms with Crippen LogP contribution in [-0.4, -0.2) is 187 Å². The number of benzene rings is 3. The van der Waals surface area contributed by atoms with Crippen LogP contribution in [0.5, 0.6) is 5.75 Å². The van der Waals surface area contributed by atoms with E-state index in [4.69, 9.17) is 14.6 Å². The number of aromatic nitrogens is 19. The lowest BCUT2D eigenvalue weighted by atomic mass is 10.0. The molecule has 0 atom stereocenters. The van der Waals surface area contributed by atoms with E-state index < -0.39 is 82.5 Å². The van der Waals surface area contributed by atoms with Gasteiger partial charge in [0.2, 0.25) is 0 Å². The summed E-state index contributed by atoms with van der Waals surface area (Å²) in [7, 11) is 5.16. The van der Waals surface area contributed by atoms with Crippen LogP contribution in [0.25, 0.3) is 34.2 Å². The fraction of sp³-hybridized carbons (Fsp3) is 0.155. The molecule has 0 radical (unpaired) electrons. The lowest BCUT2D eigenvalue weighted by Crippen LogP contribution is -2.20. The number of hydrogen-bond donors (Lipinski definition) is 5. The zero-order valence-electron chi connectivity index (χ0n) is 60.0. The molecule has 0 aliphatic rings. The molecule has 43 heteroatoms. The highest BCUT2D eigenvalue weighted by molar-refractivity contribution is 9.10. The van der Waals surface area contributed by atoms with E-state index in [9.17, 15) is 60.3 Å². The first kappa shape index (κ1) is 81.6. The van der Waals surface area contributed by atoms with Crippen LogP contribution in [0.4, 0.5) is 44.7 Å². The Labute approximate surface area is 646 Å². The van der Waals surface area contributed by atoms with Crippen molar-refractivity contribution in [1.82, 2.24) is 93.8 Å². The number of amides is 4. The van der Waals surface area contributed by atoms with Crippen molar-refractivity contribution in [2.75, 3.05) is 55.8 Å². The largest absolute Gasteiger partial charge is 0.573 e. The average Bonchev–Trinajstić information content (AvgIpc) is 1.58. The maximum atomic E-state index is 14.0. The standard InChI is InChI=1S/C21H23N5O4.C18H15N7O3.C17H11F4N5O4.C15H10BrFN6O3/c1-14-11-16(21(29)30-10-4-3-9-27)18(12-15(14)2)23-20(28)17-5-6-19(25-24-17)26-8-7-22-13-26;1-24-15-8-14(12(18(27)28-2)7-11(15)9-20-24)21-17(26)13-3-4-16(23-22-13)25-6-5-19-10-25;1-29-16(28)9-6-13(30-17(19,20)21)10(18)7-12(9)23-15(27)11-2-3-14(25-24-11)26-5-4-22-8-26;1-26-15(25)12-10(6-8(17)13(16)20-12)19-14(24)9-2-3-11(22-21-9)23-5-4-18-7-23/h5-8,11-13,27H,3-4,9-10H2,1-2H3,(H,23,28);3-10H,1-2H3,(H,21,26);2-8H,1H3,(H,23,27);2-7H,1H3,(H,19,24). The summed E-state index contributed by atoms with van der Waals surface area (Å²) in [4.78, 5) is 118. The summed E-state index contributed by atoms with van der Waals surface area (Å²) >= 11 is 2.88. The number of rotatable bonds is 21. The van der Waals surface area contributed by atoms with Crippen molar-refractivity contribution in [3.63, 3.8) is 0 Å². The first-order valence-corrected chi connectivity index (χ1v) is 33.6. The van der Waals surface area contributed by atoms with Crippen molar-refractivity contribution in [2.24, 2.45) is 7.05 Å². The number of ether oxygens (including phenoxy) is 5. The van der Waals surface area contributed by atoms with Crippen molar-refractivity contribution >= 4 is 97.1 Å². The fourth-order valence-electron chi connectivity index (χ4n) is 9.74. The number of nitrogens with zero attached hydrogens (tertiary/aromatic N) is 19. The average molecular weight is 1630 g/mol. The topological polar surface area (TPSA) is 456 Å². The molecular weight excluding hydrogens is 1570 g/mol. The number of anilines is 4. The predicted molar refractivity (Wildman–Crippen MR) is 391 cm³/mol. The number of methoxy groups -OCH3 is 3. The highest BCUT2D eigenvalue weighted by atomic mass is 79.9. The van der Waals surface area contributed by atoms with E-state index in [1.807, 2.05) is 13.8 Å². The lowest BCUT2D eigenvalue weighted by Gasteiger charge is -2.14. The number of halogens is 6. The Balaban J connectivity index is 0.000000161. The highest BCUT2D eigenvalue weighted by Gasteiger charge is 2.34. The van der Waals surface area contributed by atoms with Gasteiger partial charge in [0.1, 0.15) is 29.9 Å². The number of aryl methyl sites for hydroxylation is 3. The molecule has 3 aromatic carbocycles. The summed E-state index contributed by atoms with van der Waals surface area (Å²) in [5.41, 5.74) is 2.27. The first-order chi connectivity index (χ1) is 54.7. The van der Waals surface area contributed by atoms with Gasteiger partial charge in [0.05, 0.1) is 79.1 Å². The van der Waals surface area contributed by atoms with E-state index in [1.54, 1.807) is 136 Å². The van der Waals surface area contributed by atoms with E-state index in [1.165, 1.54) is 54.8 Å². The van der Waals surface area contributed by atoms with Crippen LogP contribution < -0.4 is 26.0 Å². The maximum absolute atomic E-state index is 14.0. The Hall–Kier alpha value is -14.9. The summed E-state index contributed by atoms with van der Waals surface area (Å²) in [6.45, 7) is 4.01. The van der Waals surface area contributed by atoms with Gasteiger partial charge in [-0.25, -0.2) is 52.9 Å². The summed E-state index contributed by atoms with van der Waals surface area (Å²) in [5, 5.41) is 55.0. The van der Waals surface area contributed by atoms with Crippen molar-refractivity contribution < 1.29 is 89.1 Å². The van der Waals surface area contributed by atoms with Crippen molar-refractivity contribution in [1.29, 1.82) is 0 Å². The fourth-order valence-corrected chi connectivity index (χ4v) is 10.0. The van der Waals surface area contributed by atoms with Crippen LogP contribution in [-0.2, 0) is 26.0 Å². The SMILES string of the molecule is COC(=O)c1cc(OC(F)(F)F)c(F)cc1NC(=O)c1ccc(-n2ccnc2)nn1.COC(=O)c1cc2cnn(C)c2cc1NC(=O)c1ccc(-n2ccnc2)nn1.COC(=O)c1nc(Br)c(F)cc1NC(=O)c1ccc(-n2ccnc2)nn1.Cc1cc(NC(=O)c2ccc(-n3ccnc3)nn2)c(C(=O)OCCCCO)cc1C. The Morgan fingerprint density at radius 3 is 1.27 bits per heavy atom. The van der Waals surface area contributed by atoms with Gasteiger partial charge in [-0.05, 0) is 127 Å². The number of alkyl halides is 3. The molecule has 13 rings (SSSR count). The maximum Gasteiger partial charge on any atom is 0.573 e. The zero-order chi connectivity index (χ0) is 81.8. The molecule has 37 nitrogen and oxygen atoms in total. The number of esters is 4. The smallest absolute Gasteiger partial charge is 0.465 e. The molecule has 0 aliphatic carbocycles. The van der Waals surface area contributed by atoms with Gasteiger partial charge in [-0.1, -0.05) is 0 Å². The van der Waals surface area contributed by atoms with E-state index in [2.05, 4.69) is 122 Å². The number of nitrogens with one attached hydrogen (secondary N) is 4. The molecular formula is C71H59BrF5N23O14. The van der Waals surface area contributed by atoms with Gasteiger partial charge in [0.15, 0.2) is 69.1 Å². The van der Waals surface area contributed by atoms with Crippen LogP contribution in [0, 0.1) is 25.5 Å². The van der Waals surface area contributed by atoms with Crippen LogP contribution >= 0.6 is 15.9 Å². The van der Waals surface area contributed by atoms with Crippen LogP contribution in [0.1, 0.15) is 107 Å². The molecule has 114 heavy (non-hydrogen) atoms. The number of hydrogen-bond acceptors (Lipinski definition) is 28. The number of fused-ring (bicyclic) bond motifs is 1. The Bertz CT molecular complexity index is 5590. The number of unbranched alkanes of at least 4 members (excludes halogenated alkanes) is 1. The predicted octanol–water partition coefficient (Wildman–Crippen LogP) is 8.79. The second-order valence-electron chi connectivity index (χ2n) is 23.1. The van der Waals surface area contributed by atoms with Crippen molar-refractivity contribution in [3.05, 3.63) is 245 Å². The molecule has 0 bridgehead atoms. The van der Waals surface area contributed by atoms with Crippen molar-refractivity contribution in [2.45, 2.75) is 33.1 Å². The molecule has 0 aliphatic heterocycles. The Morgan fingerprint density at radius 1 is 0.482 bits per heavy atom. The van der Waals surface area contributed by atoms with E-state index in [-0.39, 0.29) is 63.1 Å². The van der Waals surface area contributed by atoms with Gasteiger partial charge < -0.3 is 50.1 Å². The number of aliphatic hydroxyl groups is 1. The summed E-state index contributed by atoms with van der Waals surface area (Å²) in [6, 6.07) is 20.8. The second-order valence-corrected chi connectivity index (χ2v) is 23.8. The van der Waals surface area contributed by atoms with Crippen LogP contribution in [0.15, 0.2) is 177 Å². The molecule has 0 fully saturated rings. The van der Waals surface area contributed by atoms with Gasteiger partial charge in [0.25, 0.3) is 23.6 Å². The number of pyridine rings is 1. The zero-order valence-corrected chi connectivity index (χ0v) is 61.6. The third-order valence-corrected chi connectivity index (χ3v) is 16.1. The molecule has 13 aromatic rings. The van der Waals surface area contributed by atoms with Crippen molar-refractivity contribution in [3.8, 4) is 29.0 Å². The minimum absolute atomic E-state index is 0.0343. The van der Waals surface area contributed by atoms with Gasteiger partial charge in [-0.15, -0.1) is 54.0 Å². The quantitative estimate of drug-likeness (QED) is 0.0147. The second kappa shape index (κ2) is 37.5. The molecule has 0 spiro atoms. The van der Waals surface area contributed by atoms with Gasteiger partial charge >= 0.3 is 30.2 Å². The number of imidazole rings is 4. The van der Waals surface area contributed by atoms with Gasteiger partial charge in [-0.3, -0.25) is 42.1 Å². The van der Waals surface area contributed by atoms with Gasteiger partial charge in [-0.2, -0.15) is 5.10 Å². The Kier molecular flexibility index (Phi) is 26.8. The molecule has 0 unspecified atom stereocenters. The van der Waals surface area contributed by atoms with Crippen LogP contribution in [0.3, 0.4) is 0 Å². The van der Waals surface area contributed by atoms with E-state index in [0.29, 0.717) is 59.6 Å². The molecule has 584 valence electrons. The first-order valence-electron chi connectivity index (χ1n) is 32.8. The number of aliphatic hydroxyl groups excluding tert-OH is 1. The molecule has 4 amide bonds. The summed E-state index contributed by atoms with van der Waals surface area (Å²) in [5.74, 6) is -7.23. The molecule has 10 heterocycles. The molecule has 0 saturated carbocycles. The molecule has 10 aromatic heterocycles. The third kappa shape index (κ3) is 20.9. The number of carbonyl (C=O) groups excluding carboxylic acids is 8. The minimum Gasteiger partial charge on any atom is -0.465 e. The van der Waals surface area contributed by atoms with Gasteiger partial charge in [0, 0.05) is 86.8 Å². The monoisotopic (exact) mass is 1630 g/mol. The van der Waals surface area contributed by atoms with E-state index in [0.717, 1.165) is 42.3 Å². The third-order valence-electron chi connectivity index (χ3n) is 15.5. The normalized spacial score (nSPS) is 10.7. The summed E-state index contributed by atoms with van der Waals surface area (Å²) in [6.07, 6.45) is 16.7. The lowest BCUT2D eigenvalue weighted by molar-refractivity contribution is -0.275. The number of carbonyl (C=O) groups is 8. The highest BCUT2D eigenvalue weighted by Crippen LogP contribution is 2.33. The Morgan fingerprint density at radius 2 is 0.877 bits per heavy atom. The summed E-state index contributed by atoms with van der Waals surface area (Å²) < 4.78 is 95.6. The molecule has 0 saturated heterocycles. The van der Waals surface area contributed by atoms with E-state index >= 15 is 0 Å². The van der Waals surface area contributed by atoms with Crippen LogP contribution in [0.2, 0.25) is 0 Å². The molecule has 5 N–H and O–H groups in total. The minimum atomic E-state index is -5.19.